The summed E-state index contributed by atoms with van der Waals surface area (Å²) < 4.78 is 0. The van der Waals surface area contributed by atoms with Crippen LogP contribution in [0.2, 0.25) is 0 Å². The van der Waals surface area contributed by atoms with Gasteiger partial charge in [0.25, 0.3) is 5.91 Å². The first-order valence-electron chi connectivity index (χ1n) is 4.74. The molecule has 0 N–H and O–H groups in total. The molecule has 1 aliphatic heterocycles. The van der Waals surface area contributed by atoms with Crippen LogP contribution in [0.1, 0.15) is 22.5 Å². The lowest BCUT2D eigenvalue weighted by molar-refractivity contribution is 0.0733. The molecule has 0 aliphatic carbocycles. The Labute approximate surface area is 96.0 Å². The second-order valence-electron chi connectivity index (χ2n) is 3.44. The van der Waals surface area contributed by atoms with Gasteiger partial charge in [-0.1, -0.05) is 22.0 Å². The third kappa shape index (κ3) is 2.17. The Kier molecular flexibility index (Phi) is 3.23. The number of piperidine rings is 1. The first kappa shape index (κ1) is 10.2. The van der Waals surface area contributed by atoms with Gasteiger partial charge in [0, 0.05) is 17.9 Å². The topological polar surface area (TPSA) is 20.3 Å². The molecule has 1 aromatic rings. The van der Waals surface area contributed by atoms with Crippen LogP contribution in [0.3, 0.4) is 0 Å². The fourth-order valence-electron chi connectivity index (χ4n) is 1.61. The second kappa shape index (κ2) is 4.45. The SMILES string of the molecule is O=C(c1cccs1)N1CCC(Br)CC1. The van der Waals surface area contributed by atoms with Gasteiger partial charge in [0.05, 0.1) is 4.88 Å². The number of carbonyl (C=O) groups is 1. The van der Waals surface area contributed by atoms with Crippen LogP contribution in [0.4, 0.5) is 0 Å². The highest BCUT2D eigenvalue weighted by Crippen LogP contribution is 2.20. The molecule has 76 valence electrons. The molecule has 2 rings (SSSR count). The van der Waals surface area contributed by atoms with Gasteiger partial charge < -0.3 is 4.90 Å². The summed E-state index contributed by atoms with van der Waals surface area (Å²) in [7, 11) is 0. The van der Waals surface area contributed by atoms with Crippen molar-refractivity contribution in [1.29, 1.82) is 0 Å². The molecule has 0 saturated carbocycles. The Hall–Kier alpha value is -0.350. The average molecular weight is 274 g/mol. The molecule has 4 heteroatoms. The van der Waals surface area contributed by atoms with Crippen LogP contribution in [0, 0.1) is 0 Å². The summed E-state index contributed by atoms with van der Waals surface area (Å²) in [5.41, 5.74) is 0. The van der Waals surface area contributed by atoms with Crippen LogP contribution in [0.5, 0.6) is 0 Å². The lowest BCUT2D eigenvalue weighted by Crippen LogP contribution is -2.38. The van der Waals surface area contributed by atoms with E-state index in [-0.39, 0.29) is 5.91 Å². The molecule has 0 bridgehead atoms. The maximum Gasteiger partial charge on any atom is 0.263 e. The molecule has 0 atom stereocenters. The number of hydrogen-bond donors (Lipinski definition) is 0. The molecule has 1 fully saturated rings. The zero-order valence-electron chi connectivity index (χ0n) is 7.78. The van der Waals surface area contributed by atoms with Crippen LogP contribution >= 0.6 is 27.3 Å². The second-order valence-corrected chi connectivity index (χ2v) is 5.69. The standard InChI is InChI=1S/C10H12BrNOS/c11-8-3-5-12(6-4-8)10(13)9-2-1-7-14-9/h1-2,7-8H,3-6H2. The molecule has 1 aliphatic rings. The van der Waals surface area contributed by atoms with Gasteiger partial charge in [0.1, 0.15) is 0 Å². The monoisotopic (exact) mass is 273 g/mol. The third-order valence-corrected chi connectivity index (χ3v) is 4.22. The zero-order chi connectivity index (χ0) is 9.97. The van der Waals surface area contributed by atoms with Crippen molar-refractivity contribution < 1.29 is 4.79 Å². The van der Waals surface area contributed by atoms with E-state index < -0.39 is 0 Å². The van der Waals surface area contributed by atoms with Crippen molar-refractivity contribution in [2.75, 3.05) is 13.1 Å². The van der Waals surface area contributed by atoms with Crippen LogP contribution in [0.25, 0.3) is 0 Å². The predicted octanol–water partition coefficient (Wildman–Crippen LogP) is 2.75. The molecule has 1 amide bonds. The van der Waals surface area contributed by atoms with Gasteiger partial charge in [-0.05, 0) is 24.3 Å². The van der Waals surface area contributed by atoms with E-state index in [0.717, 1.165) is 30.8 Å². The number of halogens is 1. The van der Waals surface area contributed by atoms with Crippen LogP contribution in [-0.2, 0) is 0 Å². The van der Waals surface area contributed by atoms with E-state index in [4.69, 9.17) is 0 Å². The smallest absolute Gasteiger partial charge is 0.263 e. The van der Waals surface area contributed by atoms with Gasteiger partial charge >= 0.3 is 0 Å². The fourth-order valence-corrected chi connectivity index (χ4v) is 2.71. The number of amides is 1. The van der Waals surface area contributed by atoms with Crippen molar-refractivity contribution in [2.24, 2.45) is 0 Å². The van der Waals surface area contributed by atoms with Crippen molar-refractivity contribution in [3.8, 4) is 0 Å². The van der Waals surface area contributed by atoms with Crippen LogP contribution in [0.15, 0.2) is 17.5 Å². The molecule has 1 aromatic heterocycles. The Balaban J connectivity index is 1.99. The molecule has 1 saturated heterocycles. The van der Waals surface area contributed by atoms with Crippen molar-refractivity contribution in [1.82, 2.24) is 4.90 Å². The Morgan fingerprint density at radius 1 is 1.50 bits per heavy atom. The minimum Gasteiger partial charge on any atom is -0.338 e. The zero-order valence-corrected chi connectivity index (χ0v) is 10.2. The van der Waals surface area contributed by atoms with Crippen molar-refractivity contribution in [2.45, 2.75) is 17.7 Å². The van der Waals surface area contributed by atoms with Crippen molar-refractivity contribution in [3.05, 3.63) is 22.4 Å². The predicted molar refractivity (Wildman–Crippen MR) is 62.2 cm³/mol. The summed E-state index contributed by atoms with van der Waals surface area (Å²) in [6, 6.07) is 3.82. The largest absolute Gasteiger partial charge is 0.338 e. The maximum absolute atomic E-state index is 11.9. The highest BCUT2D eigenvalue weighted by atomic mass is 79.9. The minimum absolute atomic E-state index is 0.194. The van der Waals surface area contributed by atoms with E-state index in [1.54, 1.807) is 0 Å². The number of nitrogens with zero attached hydrogens (tertiary/aromatic N) is 1. The van der Waals surface area contributed by atoms with Gasteiger partial charge in [-0.25, -0.2) is 0 Å². The molecule has 0 aromatic carbocycles. The van der Waals surface area contributed by atoms with Gasteiger partial charge in [0.15, 0.2) is 0 Å². The van der Waals surface area contributed by atoms with E-state index in [1.807, 2.05) is 22.4 Å². The van der Waals surface area contributed by atoms with E-state index in [1.165, 1.54) is 11.3 Å². The molecular weight excluding hydrogens is 262 g/mol. The number of rotatable bonds is 1. The Morgan fingerprint density at radius 3 is 2.79 bits per heavy atom. The van der Waals surface area contributed by atoms with Crippen molar-refractivity contribution >= 4 is 33.2 Å². The van der Waals surface area contributed by atoms with Gasteiger partial charge in [-0.2, -0.15) is 0 Å². The minimum atomic E-state index is 0.194. The van der Waals surface area contributed by atoms with Gasteiger partial charge in [-0.15, -0.1) is 11.3 Å². The van der Waals surface area contributed by atoms with Crippen LogP contribution < -0.4 is 0 Å². The lowest BCUT2D eigenvalue weighted by atomic mass is 10.1. The number of likely N-dealkylation sites (tertiary alicyclic amines) is 1. The van der Waals surface area contributed by atoms with E-state index >= 15 is 0 Å². The van der Waals surface area contributed by atoms with E-state index in [9.17, 15) is 4.79 Å². The summed E-state index contributed by atoms with van der Waals surface area (Å²) in [4.78, 5) is 15.3. The van der Waals surface area contributed by atoms with Gasteiger partial charge in [-0.3, -0.25) is 4.79 Å². The Morgan fingerprint density at radius 2 is 2.21 bits per heavy atom. The van der Waals surface area contributed by atoms with E-state index in [2.05, 4.69) is 15.9 Å². The molecule has 14 heavy (non-hydrogen) atoms. The fraction of sp³-hybridized carbons (Fsp3) is 0.500. The summed E-state index contributed by atoms with van der Waals surface area (Å²) in [6.45, 7) is 1.76. The normalized spacial score (nSPS) is 18.5. The summed E-state index contributed by atoms with van der Waals surface area (Å²) in [6.07, 6.45) is 2.13. The third-order valence-electron chi connectivity index (χ3n) is 2.44. The first-order chi connectivity index (χ1) is 6.77. The molecule has 0 radical (unpaired) electrons. The quantitative estimate of drug-likeness (QED) is 0.721. The summed E-state index contributed by atoms with van der Waals surface area (Å²) in [5.74, 6) is 0.194. The molecule has 0 spiro atoms. The van der Waals surface area contributed by atoms with Crippen molar-refractivity contribution in [3.63, 3.8) is 0 Å². The molecular formula is C10H12BrNOS. The molecule has 2 nitrogen and oxygen atoms in total. The van der Waals surface area contributed by atoms with E-state index in [0.29, 0.717) is 4.83 Å². The highest BCUT2D eigenvalue weighted by molar-refractivity contribution is 9.09. The summed E-state index contributed by atoms with van der Waals surface area (Å²) >= 11 is 5.10. The first-order valence-corrected chi connectivity index (χ1v) is 6.54. The number of thiophene rings is 1. The maximum atomic E-state index is 11.9. The van der Waals surface area contributed by atoms with Crippen LogP contribution in [-0.4, -0.2) is 28.7 Å². The molecule has 2 heterocycles. The average Bonchev–Trinajstić information content (AvgIpc) is 2.71. The molecule has 0 unspecified atom stereocenters. The number of carbonyl (C=O) groups excluding carboxylic acids is 1. The summed E-state index contributed by atoms with van der Waals surface area (Å²) in [5, 5.41) is 1.95. The van der Waals surface area contributed by atoms with Gasteiger partial charge in [0.2, 0.25) is 0 Å². The lowest BCUT2D eigenvalue weighted by Gasteiger charge is -2.29. The number of alkyl halides is 1. The number of hydrogen-bond acceptors (Lipinski definition) is 2. The Bertz CT molecular complexity index is 304. The highest BCUT2D eigenvalue weighted by Gasteiger charge is 2.22.